The Kier molecular flexibility index (Phi) is 11.0. The topological polar surface area (TPSA) is 18.5 Å². The van der Waals surface area contributed by atoms with Gasteiger partial charge in [0.15, 0.2) is 5.79 Å². The van der Waals surface area contributed by atoms with Crippen molar-refractivity contribution in [3.8, 4) is 0 Å². The maximum Gasteiger partial charge on any atom is 0.168 e. The lowest BCUT2D eigenvalue weighted by Gasteiger charge is -2.33. The van der Waals surface area contributed by atoms with E-state index in [0.717, 1.165) is 51.7 Å². The summed E-state index contributed by atoms with van der Waals surface area (Å²) in [5.41, 5.74) is 0. The van der Waals surface area contributed by atoms with Crippen LogP contribution in [0.5, 0.6) is 0 Å². The quantitative estimate of drug-likeness (QED) is 0.364. The standard InChI is InChI=1S/C15H31O2/c1-5-9-12-15(8-4,16-13-10-6-2)17-14-11-7-3/h4-14H2,1-3H3. The Bertz CT molecular complexity index is 147. The van der Waals surface area contributed by atoms with Crippen molar-refractivity contribution in [2.45, 2.75) is 77.9 Å². The highest BCUT2D eigenvalue weighted by atomic mass is 16.7. The first-order valence-corrected chi connectivity index (χ1v) is 7.31. The molecule has 0 spiro atoms. The number of hydrogen-bond donors (Lipinski definition) is 0. The zero-order valence-corrected chi connectivity index (χ0v) is 12.1. The van der Waals surface area contributed by atoms with E-state index in [9.17, 15) is 0 Å². The maximum atomic E-state index is 5.98. The van der Waals surface area contributed by atoms with Crippen LogP contribution < -0.4 is 0 Å². The Hall–Kier alpha value is -0.0800. The van der Waals surface area contributed by atoms with E-state index in [1.54, 1.807) is 0 Å². The third-order valence-electron chi connectivity index (χ3n) is 3.02. The Labute approximate surface area is 108 Å². The van der Waals surface area contributed by atoms with Crippen LogP contribution in [-0.4, -0.2) is 19.0 Å². The smallest absolute Gasteiger partial charge is 0.168 e. The zero-order chi connectivity index (χ0) is 13.0. The van der Waals surface area contributed by atoms with E-state index >= 15 is 0 Å². The van der Waals surface area contributed by atoms with Gasteiger partial charge in [0.2, 0.25) is 0 Å². The number of rotatable bonds is 12. The van der Waals surface area contributed by atoms with Gasteiger partial charge in [-0.25, -0.2) is 0 Å². The fourth-order valence-corrected chi connectivity index (χ4v) is 1.71. The van der Waals surface area contributed by atoms with Crippen LogP contribution in [0, 0.1) is 6.92 Å². The van der Waals surface area contributed by atoms with Crippen molar-refractivity contribution >= 4 is 0 Å². The van der Waals surface area contributed by atoms with Crippen molar-refractivity contribution in [1.82, 2.24) is 0 Å². The first-order valence-electron chi connectivity index (χ1n) is 7.31. The molecule has 0 saturated heterocycles. The van der Waals surface area contributed by atoms with Crippen molar-refractivity contribution in [2.24, 2.45) is 0 Å². The molecule has 0 aliphatic rings. The molecule has 0 N–H and O–H groups in total. The Morgan fingerprint density at radius 2 is 1.29 bits per heavy atom. The summed E-state index contributed by atoms with van der Waals surface area (Å²) < 4.78 is 12.0. The van der Waals surface area contributed by atoms with Crippen molar-refractivity contribution in [1.29, 1.82) is 0 Å². The molecule has 0 aliphatic heterocycles. The summed E-state index contributed by atoms with van der Waals surface area (Å²) in [6.45, 7) is 12.2. The predicted octanol–water partition coefficient (Wildman–Crippen LogP) is 4.73. The SMILES string of the molecule is [CH2]CC(CCCC)(OCCCC)OCCCC. The second-order valence-electron chi connectivity index (χ2n) is 4.67. The van der Waals surface area contributed by atoms with Gasteiger partial charge in [-0.1, -0.05) is 40.0 Å². The van der Waals surface area contributed by atoms with Crippen molar-refractivity contribution in [2.75, 3.05) is 13.2 Å². The molecule has 2 nitrogen and oxygen atoms in total. The van der Waals surface area contributed by atoms with Crippen LogP contribution in [0.4, 0.5) is 0 Å². The summed E-state index contributed by atoms with van der Waals surface area (Å²) in [6, 6.07) is 0. The molecule has 17 heavy (non-hydrogen) atoms. The van der Waals surface area contributed by atoms with Crippen LogP contribution in [0.3, 0.4) is 0 Å². The summed E-state index contributed by atoms with van der Waals surface area (Å²) in [7, 11) is 0. The molecule has 0 amide bonds. The van der Waals surface area contributed by atoms with E-state index in [-0.39, 0.29) is 0 Å². The molecule has 2 heteroatoms. The molecule has 0 aliphatic carbocycles. The molecule has 0 aromatic carbocycles. The average molecular weight is 243 g/mol. The maximum absolute atomic E-state index is 5.98. The highest BCUT2D eigenvalue weighted by Gasteiger charge is 2.28. The number of ether oxygens (including phenoxy) is 2. The summed E-state index contributed by atoms with van der Waals surface area (Å²) in [5, 5.41) is 0. The van der Waals surface area contributed by atoms with E-state index in [1.807, 2.05) is 0 Å². The Morgan fingerprint density at radius 3 is 1.65 bits per heavy atom. The van der Waals surface area contributed by atoms with Crippen molar-refractivity contribution in [3.05, 3.63) is 6.92 Å². The minimum Gasteiger partial charge on any atom is -0.350 e. The van der Waals surface area contributed by atoms with Gasteiger partial charge in [0.05, 0.1) is 13.2 Å². The summed E-state index contributed by atoms with van der Waals surface area (Å²) in [5.74, 6) is -0.416. The second-order valence-corrected chi connectivity index (χ2v) is 4.67. The predicted molar refractivity (Wildman–Crippen MR) is 74.0 cm³/mol. The molecule has 0 fully saturated rings. The minimum atomic E-state index is -0.416. The molecule has 0 unspecified atom stereocenters. The van der Waals surface area contributed by atoms with Crippen LogP contribution >= 0.6 is 0 Å². The molecule has 0 aromatic rings. The lowest BCUT2D eigenvalue weighted by atomic mass is 10.1. The second kappa shape index (κ2) is 11.0. The highest BCUT2D eigenvalue weighted by molar-refractivity contribution is 4.72. The lowest BCUT2D eigenvalue weighted by molar-refractivity contribution is -0.241. The Balaban J connectivity index is 4.17. The first-order chi connectivity index (χ1) is 8.24. The van der Waals surface area contributed by atoms with E-state index in [4.69, 9.17) is 9.47 Å². The minimum absolute atomic E-state index is 0.416. The van der Waals surface area contributed by atoms with Gasteiger partial charge < -0.3 is 9.47 Å². The van der Waals surface area contributed by atoms with Crippen LogP contribution in [-0.2, 0) is 9.47 Å². The Morgan fingerprint density at radius 1 is 0.824 bits per heavy atom. The average Bonchev–Trinajstić information content (AvgIpc) is 2.36. The largest absolute Gasteiger partial charge is 0.350 e. The van der Waals surface area contributed by atoms with E-state index < -0.39 is 5.79 Å². The summed E-state index contributed by atoms with van der Waals surface area (Å²) in [4.78, 5) is 0. The van der Waals surface area contributed by atoms with Crippen LogP contribution in [0.25, 0.3) is 0 Å². The van der Waals surface area contributed by atoms with Gasteiger partial charge >= 0.3 is 0 Å². The molecule has 1 radical (unpaired) electrons. The molecule has 0 rings (SSSR count). The van der Waals surface area contributed by atoms with Crippen LogP contribution in [0.15, 0.2) is 0 Å². The molecular weight excluding hydrogens is 212 g/mol. The van der Waals surface area contributed by atoms with Gasteiger partial charge in [0.1, 0.15) is 0 Å². The van der Waals surface area contributed by atoms with Gasteiger partial charge in [-0.05, 0) is 26.2 Å². The van der Waals surface area contributed by atoms with Crippen LogP contribution in [0.2, 0.25) is 0 Å². The number of hydrogen-bond acceptors (Lipinski definition) is 2. The van der Waals surface area contributed by atoms with Gasteiger partial charge in [0.25, 0.3) is 0 Å². The molecular formula is C15H31O2. The molecule has 0 saturated carbocycles. The van der Waals surface area contributed by atoms with Gasteiger partial charge in [-0.2, -0.15) is 0 Å². The lowest BCUT2D eigenvalue weighted by Crippen LogP contribution is -2.36. The van der Waals surface area contributed by atoms with E-state index in [0.29, 0.717) is 6.42 Å². The van der Waals surface area contributed by atoms with Crippen LogP contribution in [0.1, 0.15) is 72.1 Å². The normalized spacial score (nSPS) is 12.0. The van der Waals surface area contributed by atoms with Gasteiger partial charge in [-0.15, -0.1) is 0 Å². The summed E-state index contributed by atoms with van der Waals surface area (Å²) in [6.07, 6.45) is 8.53. The third kappa shape index (κ3) is 7.77. The zero-order valence-electron chi connectivity index (χ0n) is 12.1. The fourth-order valence-electron chi connectivity index (χ4n) is 1.71. The first kappa shape index (κ1) is 16.9. The highest BCUT2D eigenvalue weighted by Crippen LogP contribution is 2.25. The molecule has 0 aromatic heterocycles. The van der Waals surface area contributed by atoms with E-state index in [1.165, 1.54) is 6.42 Å². The number of unbranched alkanes of at least 4 members (excludes halogenated alkanes) is 3. The monoisotopic (exact) mass is 243 g/mol. The third-order valence-corrected chi connectivity index (χ3v) is 3.02. The van der Waals surface area contributed by atoms with Gasteiger partial charge in [-0.3, -0.25) is 0 Å². The molecule has 103 valence electrons. The summed E-state index contributed by atoms with van der Waals surface area (Å²) >= 11 is 0. The molecule has 0 atom stereocenters. The van der Waals surface area contributed by atoms with Crippen molar-refractivity contribution in [3.63, 3.8) is 0 Å². The fraction of sp³-hybridized carbons (Fsp3) is 0.933. The van der Waals surface area contributed by atoms with Gasteiger partial charge in [0, 0.05) is 12.8 Å². The molecule has 0 bridgehead atoms. The molecule has 0 heterocycles. The van der Waals surface area contributed by atoms with Crippen molar-refractivity contribution < 1.29 is 9.47 Å². The van der Waals surface area contributed by atoms with E-state index in [2.05, 4.69) is 27.7 Å².